The molecule has 0 saturated heterocycles. The zero-order valence-electron chi connectivity index (χ0n) is 48.4. The van der Waals surface area contributed by atoms with Crippen molar-refractivity contribution in [2.24, 2.45) is 0 Å². The van der Waals surface area contributed by atoms with E-state index in [1.54, 1.807) is 18.2 Å². The van der Waals surface area contributed by atoms with Crippen molar-refractivity contribution in [3.63, 3.8) is 0 Å². The number of pyridine rings is 2. The van der Waals surface area contributed by atoms with E-state index in [-0.39, 0.29) is 49.0 Å². The number of nitriles is 1. The van der Waals surface area contributed by atoms with Gasteiger partial charge in [0.25, 0.3) is 0 Å². The minimum Gasteiger partial charge on any atom is -0.500 e. The molecule has 8 aromatic carbocycles. The number of aromatic nitrogens is 4. The minimum atomic E-state index is -1.30. The van der Waals surface area contributed by atoms with Gasteiger partial charge in [0, 0.05) is 35.1 Å². The fourth-order valence-electron chi connectivity index (χ4n) is 9.99. The second-order valence-electron chi connectivity index (χ2n) is 23.2. The number of hydrogen-bond donors (Lipinski definition) is 0. The first kappa shape index (κ1) is 59.2. The second-order valence-corrected chi connectivity index (χ2v) is 28.3. The van der Waals surface area contributed by atoms with Crippen molar-refractivity contribution in [2.45, 2.75) is 85.4 Å². The Hall–Kier alpha value is -8.45. The number of furan rings is 1. The number of hydrogen-bond acceptors (Lipinski definition) is 5. The van der Waals surface area contributed by atoms with E-state index in [0.29, 0.717) is 16.7 Å². The fraction of sp³-hybridized carbons (Fsp3) is 0.178. The first-order valence-corrected chi connectivity index (χ1v) is 31.2. The van der Waals surface area contributed by atoms with Gasteiger partial charge in [-0.25, -0.2) is 0 Å². The molecule has 0 N–H and O–H groups in total. The molecule has 0 bridgehead atoms. The van der Waals surface area contributed by atoms with Gasteiger partial charge in [-0.15, -0.1) is 77.9 Å². The third-order valence-corrected chi connectivity index (χ3v) is 16.7. The number of imidazole rings is 1. The van der Waals surface area contributed by atoms with Crippen molar-refractivity contribution in [1.29, 1.82) is 5.26 Å². The van der Waals surface area contributed by atoms with Crippen molar-refractivity contribution in [3.05, 3.63) is 246 Å². The molecule has 414 valence electrons. The van der Waals surface area contributed by atoms with Crippen LogP contribution in [0.1, 0.15) is 82.6 Å². The maximum Gasteiger partial charge on any atom is 3.00 e. The maximum atomic E-state index is 12.8. The summed E-state index contributed by atoms with van der Waals surface area (Å²) in [6.07, 6.45) is 3.80. The van der Waals surface area contributed by atoms with Gasteiger partial charge in [-0.05, 0) is 109 Å². The Balaban J connectivity index is 0.000000193. The van der Waals surface area contributed by atoms with Gasteiger partial charge in [-0.2, -0.15) is 5.26 Å². The monoisotopic (exact) mass is 1290 g/mol. The summed E-state index contributed by atoms with van der Waals surface area (Å²) in [6.45, 7) is 22.4. The topological polar surface area (TPSA) is 80.5 Å². The van der Waals surface area contributed by atoms with Crippen LogP contribution in [0.25, 0.3) is 94.8 Å². The third-order valence-electron chi connectivity index (χ3n) is 14.7. The van der Waals surface area contributed by atoms with Crippen LogP contribution in [0.4, 0.5) is 8.78 Å². The van der Waals surface area contributed by atoms with Crippen LogP contribution in [-0.4, -0.2) is 27.6 Å². The van der Waals surface area contributed by atoms with Gasteiger partial charge in [0.2, 0.25) is 0 Å². The number of rotatable bonds is 9. The Morgan fingerprint density at radius 2 is 1.18 bits per heavy atom. The molecule has 12 aromatic rings. The molecule has 6 nitrogen and oxygen atoms in total. The number of benzene rings is 8. The fourth-order valence-corrected chi connectivity index (χ4v) is 11.0. The van der Waals surface area contributed by atoms with Gasteiger partial charge in [-0.1, -0.05) is 176 Å². The molecular formula is C73H64F2IrN5OSi. The smallest absolute Gasteiger partial charge is 0.500 e. The Kier molecular flexibility index (Phi) is 17.8. The quantitative estimate of drug-likeness (QED) is 0.106. The molecule has 83 heavy (non-hydrogen) atoms. The van der Waals surface area contributed by atoms with Crippen molar-refractivity contribution in [2.75, 3.05) is 0 Å². The van der Waals surface area contributed by atoms with Gasteiger partial charge in [0.15, 0.2) is 0 Å². The van der Waals surface area contributed by atoms with E-state index in [4.69, 9.17) is 9.40 Å². The molecule has 10 heteroatoms. The molecule has 0 atom stereocenters. The molecule has 0 fully saturated rings. The van der Waals surface area contributed by atoms with Crippen LogP contribution in [-0.2, 0) is 25.5 Å². The Morgan fingerprint density at radius 3 is 1.71 bits per heavy atom. The van der Waals surface area contributed by atoms with Gasteiger partial charge in [0.1, 0.15) is 5.58 Å². The summed E-state index contributed by atoms with van der Waals surface area (Å²) in [5.41, 5.74) is 17.8. The largest absolute Gasteiger partial charge is 3.00 e. The van der Waals surface area contributed by atoms with Crippen LogP contribution in [0.5, 0.6) is 0 Å². The first-order chi connectivity index (χ1) is 39.3. The number of nitrogens with zero attached hydrogens (tertiary/aromatic N) is 5. The average molecular weight is 1290 g/mol. The molecule has 4 heterocycles. The number of fused-ring (bicyclic) bond motifs is 4. The maximum absolute atomic E-state index is 12.8. The molecule has 0 radical (unpaired) electrons. The summed E-state index contributed by atoms with van der Waals surface area (Å²) >= 11 is 0. The number of halogens is 2. The predicted molar refractivity (Wildman–Crippen MR) is 335 cm³/mol. The molecule has 0 aliphatic heterocycles. The normalized spacial score (nSPS) is 11.5. The van der Waals surface area contributed by atoms with E-state index < -0.39 is 8.07 Å². The van der Waals surface area contributed by atoms with Crippen LogP contribution in [0, 0.1) is 41.2 Å². The van der Waals surface area contributed by atoms with Crippen molar-refractivity contribution in [1.82, 2.24) is 19.5 Å². The molecule has 12 rings (SSSR count). The van der Waals surface area contributed by atoms with Crippen LogP contribution >= 0.6 is 0 Å². The second kappa shape index (κ2) is 25.0. The predicted octanol–water partition coefficient (Wildman–Crippen LogP) is 19.1. The van der Waals surface area contributed by atoms with Crippen LogP contribution in [0.2, 0.25) is 19.6 Å². The molecule has 0 aliphatic rings. The minimum absolute atomic E-state index is 0. The van der Waals surface area contributed by atoms with E-state index in [1.807, 2.05) is 54.9 Å². The molecule has 0 spiro atoms. The van der Waals surface area contributed by atoms with E-state index >= 15 is 0 Å². The zero-order chi connectivity index (χ0) is 57.9. The molecule has 0 aliphatic carbocycles. The number of para-hydroxylation sites is 2. The van der Waals surface area contributed by atoms with Gasteiger partial charge < -0.3 is 19.0 Å². The summed E-state index contributed by atoms with van der Waals surface area (Å²) < 4.78 is 34.4. The van der Waals surface area contributed by atoms with E-state index in [1.165, 1.54) is 68.4 Å². The van der Waals surface area contributed by atoms with Crippen LogP contribution in [0.15, 0.2) is 199 Å². The molecule has 0 unspecified atom stereocenters. The Labute approximate surface area is 501 Å². The van der Waals surface area contributed by atoms with Crippen LogP contribution < -0.4 is 5.19 Å². The third kappa shape index (κ3) is 13.1. The SMILES string of the molecule is CC(C)(C)c1ccc(-c2[c-]cc(F)cc2)nc1.CC(C)c1cc(-c2ccc(-c3ccccc3)cc2)cc(C(C)C)c1-n1c(-c2[c-]ccc3c2oc2cc(C#N)ccc23)nc2ccccc21.C[Si](C)(C)c1ccc(-c2[c-]cc(F)cc2)nc1.[Ir+3]. The van der Waals surface area contributed by atoms with Gasteiger partial charge >= 0.3 is 20.1 Å². The molecule has 4 aromatic heterocycles. The van der Waals surface area contributed by atoms with Crippen molar-refractivity contribution < 1.29 is 33.3 Å². The summed E-state index contributed by atoms with van der Waals surface area (Å²) in [6, 6.07) is 70.5. The zero-order valence-corrected chi connectivity index (χ0v) is 51.8. The van der Waals surface area contributed by atoms with Crippen molar-refractivity contribution >= 4 is 46.2 Å². The average Bonchev–Trinajstić information content (AvgIpc) is 4.28. The Bertz CT molecular complexity index is 4100. The summed E-state index contributed by atoms with van der Waals surface area (Å²) in [5, 5.41) is 12.8. The summed E-state index contributed by atoms with van der Waals surface area (Å²) in [5.74, 6) is 0.716. The van der Waals surface area contributed by atoms with E-state index in [9.17, 15) is 14.0 Å². The first-order valence-electron chi connectivity index (χ1n) is 27.7. The molecule has 0 saturated carbocycles. The summed E-state index contributed by atoms with van der Waals surface area (Å²) in [7, 11) is -1.30. The standard InChI is InChI=1S/C44H34N3O.C15H15FN.C14H15FNSi.Ir/c1-27(2)37-24-33(32-20-18-31(19-21-32)30-11-6-5-7-12-30)25-38(28(3)4)42(37)47-40-16-9-8-15-39(40)46-44(47)36-14-10-13-35-34-22-17-29(26-45)23-41(34)48-43(35)36;1-15(2,3)12-6-9-14(17-10-12)11-4-7-13(16)8-5-11;1-17(2,3)13-8-9-14(16-10-13)11-4-6-12(15)7-5-11;/h5-13,15-25,27-28H,1-4H3;2*4,6-10H,1-3H3;/q3*-1;+3. The van der Waals surface area contributed by atoms with E-state index in [0.717, 1.165) is 61.4 Å². The molecular weight excluding hydrogens is 1220 g/mol. The Morgan fingerprint density at radius 1 is 0.602 bits per heavy atom. The van der Waals surface area contributed by atoms with E-state index in [2.05, 4.69) is 204 Å². The van der Waals surface area contributed by atoms with Gasteiger partial charge in [0.05, 0.1) is 42.1 Å². The van der Waals surface area contributed by atoms with Gasteiger partial charge in [-0.3, -0.25) is 13.8 Å². The van der Waals surface area contributed by atoms with Crippen LogP contribution in [0.3, 0.4) is 0 Å². The van der Waals surface area contributed by atoms with Crippen molar-refractivity contribution in [3.8, 4) is 67.9 Å². The molecule has 0 amide bonds. The summed E-state index contributed by atoms with van der Waals surface area (Å²) in [4.78, 5) is 14.1.